The summed E-state index contributed by atoms with van der Waals surface area (Å²) in [6, 6.07) is 3.72. The molecule has 0 atom stereocenters. The zero-order valence-electron chi connectivity index (χ0n) is 7.08. The molecule has 1 aromatic heterocycles. The van der Waals surface area contributed by atoms with Crippen molar-refractivity contribution < 1.29 is 0 Å². The van der Waals surface area contributed by atoms with Crippen molar-refractivity contribution in [2.45, 2.75) is 6.92 Å². The van der Waals surface area contributed by atoms with Gasteiger partial charge in [0.25, 0.3) is 0 Å². The van der Waals surface area contributed by atoms with E-state index in [0.29, 0.717) is 10.5 Å². The Balaban J connectivity index is 2.94. The van der Waals surface area contributed by atoms with Crippen LogP contribution in [-0.4, -0.2) is 9.66 Å². The Hall–Kier alpha value is -1.42. The summed E-state index contributed by atoms with van der Waals surface area (Å²) < 4.78 is 1.33. The van der Waals surface area contributed by atoms with Gasteiger partial charge in [0.1, 0.15) is 5.52 Å². The predicted octanol–water partition coefficient (Wildman–Crippen LogP) is 1.29. The van der Waals surface area contributed by atoms with Crippen LogP contribution >= 0.6 is 11.6 Å². The number of hydrogen-bond acceptors (Lipinski definition) is 3. The Labute approximate surface area is 80.1 Å². The predicted molar refractivity (Wildman–Crippen MR) is 54.0 cm³/mol. The lowest BCUT2D eigenvalue weighted by Gasteiger charge is -1.98. The molecule has 0 saturated heterocycles. The van der Waals surface area contributed by atoms with Crippen molar-refractivity contribution >= 4 is 28.6 Å². The molecule has 2 aromatic rings. The van der Waals surface area contributed by atoms with Gasteiger partial charge in [-0.15, -0.1) is 0 Å². The molecule has 0 aliphatic heterocycles. The van der Waals surface area contributed by atoms with E-state index in [1.807, 2.05) is 19.1 Å². The number of aromatic nitrogens is 2. The molecule has 4 nitrogen and oxygen atoms in total. The first kappa shape index (κ1) is 8.19. The van der Waals surface area contributed by atoms with Gasteiger partial charge in [-0.1, -0.05) is 11.6 Å². The van der Waals surface area contributed by atoms with E-state index in [0.717, 1.165) is 11.1 Å². The van der Waals surface area contributed by atoms with Crippen LogP contribution in [0, 0.1) is 6.92 Å². The Bertz CT molecular complexity index is 474. The highest BCUT2D eigenvalue weighted by Gasteiger charge is 2.08. The molecule has 0 fully saturated rings. The van der Waals surface area contributed by atoms with Crippen LogP contribution in [0.15, 0.2) is 12.1 Å². The lowest BCUT2D eigenvalue weighted by Crippen LogP contribution is -2.11. The minimum absolute atomic E-state index is 0.266. The van der Waals surface area contributed by atoms with E-state index in [2.05, 4.69) is 4.98 Å². The number of hydrogen-bond donors (Lipinski definition) is 2. The Kier molecular flexibility index (Phi) is 1.60. The summed E-state index contributed by atoms with van der Waals surface area (Å²) in [5.74, 6) is 5.91. The number of halogens is 1. The zero-order valence-corrected chi connectivity index (χ0v) is 7.84. The summed E-state index contributed by atoms with van der Waals surface area (Å²) in [6.45, 7) is 1.94. The average Bonchev–Trinajstić information content (AvgIpc) is 2.32. The third-order valence-electron chi connectivity index (χ3n) is 1.92. The second-order valence-corrected chi connectivity index (χ2v) is 3.36. The van der Waals surface area contributed by atoms with E-state index < -0.39 is 0 Å². The van der Waals surface area contributed by atoms with Gasteiger partial charge in [0.2, 0.25) is 5.95 Å². The lowest BCUT2D eigenvalue weighted by atomic mass is 10.2. The van der Waals surface area contributed by atoms with Crippen LogP contribution in [0.3, 0.4) is 0 Å². The van der Waals surface area contributed by atoms with Crippen molar-refractivity contribution in [3.05, 3.63) is 22.7 Å². The molecule has 13 heavy (non-hydrogen) atoms. The molecule has 0 spiro atoms. The molecule has 4 N–H and O–H groups in total. The molecular weight excluding hydrogens is 188 g/mol. The number of aryl methyl sites for hydroxylation is 1. The van der Waals surface area contributed by atoms with Gasteiger partial charge in [0, 0.05) is 0 Å². The Morgan fingerprint density at radius 3 is 2.85 bits per heavy atom. The van der Waals surface area contributed by atoms with Crippen LogP contribution in [0.5, 0.6) is 0 Å². The summed E-state index contributed by atoms with van der Waals surface area (Å²) in [4.78, 5) is 4.04. The van der Waals surface area contributed by atoms with Crippen molar-refractivity contribution in [3.8, 4) is 0 Å². The molecule has 0 saturated carbocycles. The summed E-state index contributed by atoms with van der Waals surface area (Å²) in [7, 11) is 0. The molecular formula is C8H9ClN4. The van der Waals surface area contributed by atoms with E-state index in [9.17, 15) is 0 Å². The SMILES string of the molecule is Cc1cc(Cl)c2nc(N)n(N)c2c1. The maximum atomic E-state index is 5.96. The number of nitrogen functional groups attached to an aromatic ring is 2. The third kappa shape index (κ3) is 1.10. The van der Waals surface area contributed by atoms with Crippen LogP contribution in [-0.2, 0) is 0 Å². The molecule has 0 bridgehead atoms. The standard InChI is InChI=1S/C8H9ClN4/c1-4-2-5(9)7-6(3-4)13(11)8(10)12-7/h2-3H,11H2,1H3,(H2,10,12). The number of fused-ring (bicyclic) bond motifs is 1. The fourth-order valence-corrected chi connectivity index (χ4v) is 1.61. The number of nitrogens with zero attached hydrogens (tertiary/aromatic N) is 2. The maximum Gasteiger partial charge on any atom is 0.220 e. The van der Waals surface area contributed by atoms with Crippen molar-refractivity contribution in [1.82, 2.24) is 9.66 Å². The fourth-order valence-electron chi connectivity index (χ4n) is 1.30. The van der Waals surface area contributed by atoms with Crippen LogP contribution in [0.25, 0.3) is 11.0 Å². The first-order valence-electron chi connectivity index (χ1n) is 3.78. The largest absolute Gasteiger partial charge is 0.368 e. The molecule has 2 rings (SSSR count). The minimum Gasteiger partial charge on any atom is -0.368 e. The number of benzene rings is 1. The quantitative estimate of drug-likeness (QED) is 0.624. The second-order valence-electron chi connectivity index (χ2n) is 2.95. The van der Waals surface area contributed by atoms with E-state index in [1.165, 1.54) is 4.68 Å². The molecule has 0 unspecified atom stereocenters. The molecule has 68 valence electrons. The number of rotatable bonds is 0. The van der Waals surface area contributed by atoms with Gasteiger partial charge in [0.05, 0.1) is 10.5 Å². The van der Waals surface area contributed by atoms with E-state index in [1.54, 1.807) is 0 Å². The fraction of sp³-hybridized carbons (Fsp3) is 0.125. The van der Waals surface area contributed by atoms with Crippen molar-refractivity contribution in [3.63, 3.8) is 0 Å². The number of imidazole rings is 1. The monoisotopic (exact) mass is 196 g/mol. The van der Waals surface area contributed by atoms with E-state index >= 15 is 0 Å². The van der Waals surface area contributed by atoms with Crippen molar-refractivity contribution in [1.29, 1.82) is 0 Å². The van der Waals surface area contributed by atoms with Gasteiger partial charge in [0.15, 0.2) is 0 Å². The molecule has 1 heterocycles. The zero-order chi connectivity index (χ0) is 9.59. The smallest absolute Gasteiger partial charge is 0.220 e. The highest BCUT2D eigenvalue weighted by Crippen LogP contribution is 2.24. The summed E-state index contributed by atoms with van der Waals surface area (Å²) in [5.41, 5.74) is 7.97. The molecule has 0 amide bonds. The average molecular weight is 197 g/mol. The highest BCUT2D eigenvalue weighted by atomic mass is 35.5. The topological polar surface area (TPSA) is 69.9 Å². The molecule has 0 aliphatic rings. The second kappa shape index (κ2) is 2.53. The Morgan fingerprint density at radius 1 is 1.46 bits per heavy atom. The highest BCUT2D eigenvalue weighted by molar-refractivity contribution is 6.35. The maximum absolute atomic E-state index is 5.96. The van der Waals surface area contributed by atoms with Gasteiger partial charge in [-0.25, -0.2) is 9.66 Å². The molecule has 1 aromatic carbocycles. The number of nitrogens with two attached hydrogens (primary N) is 2. The molecule has 0 radical (unpaired) electrons. The minimum atomic E-state index is 0.266. The van der Waals surface area contributed by atoms with E-state index in [-0.39, 0.29) is 5.95 Å². The van der Waals surface area contributed by atoms with Gasteiger partial charge >= 0.3 is 0 Å². The lowest BCUT2D eigenvalue weighted by molar-refractivity contribution is 1.05. The first-order chi connectivity index (χ1) is 6.09. The van der Waals surface area contributed by atoms with Gasteiger partial charge in [-0.05, 0) is 24.6 Å². The third-order valence-corrected chi connectivity index (χ3v) is 2.21. The van der Waals surface area contributed by atoms with Crippen molar-refractivity contribution in [2.75, 3.05) is 11.6 Å². The summed E-state index contributed by atoms with van der Waals surface area (Å²) in [5, 5.41) is 0.575. The van der Waals surface area contributed by atoms with Crippen LogP contribution < -0.4 is 11.6 Å². The Morgan fingerprint density at radius 2 is 2.15 bits per heavy atom. The van der Waals surface area contributed by atoms with Crippen LogP contribution in [0.2, 0.25) is 5.02 Å². The van der Waals surface area contributed by atoms with Gasteiger partial charge < -0.3 is 11.6 Å². The summed E-state index contributed by atoms with van der Waals surface area (Å²) >= 11 is 5.96. The van der Waals surface area contributed by atoms with Gasteiger partial charge in [-0.3, -0.25) is 0 Å². The summed E-state index contributed by atoms with van der Waals surface area (Å²) in [6.07, 6.45) is 0. The van der Waals surface area contributed by atoms with Crippen LogP contribution in [0.4, 0.5) is 5.95 Å². The number of anilines is 1. The first-order valence-corrected chi connectivity index (χ1v) is 4.16. The van der Waals surface area contributed by atoms with Gasteiger partial charge in [-0.2, -0.15) is 0 Å². The van der Waals surface area contributed by atoms with Crippen molar-refractivity contribution in [2.24, 2.45) is 0 Å². The molecule has 0 aliphatic carbocycles. The van der Waals surface area contributed by atoms with Crippen LogP contribution in [0.1, 0.15) is 5.56 Å². The normalized spacial score (nSPS) is 10.9. The van der Waals surface area contributed by atoms with E-state index in [4.69, 9.17) is 23.2 Å². The molecule has 5 heteroatoms.